The van der Waals surface area contributed by atoms with Crippen LogP contribution < -0.4 is 30.7 Å². The minimum Gasteiger partial charge on any atom is -0.371 e. The zero-order chi connectivity index (χ0) is 45.9. The molecule has 10 rings (SSSR count). The van der Waals surface area contributed by atoms with Gasteiger partial charge in [0, 0.05) is 133 Å². The van der Waals surface area contributed by atoms with Gasteiger partial charge in [-0.25, -0.2) is 0 Å². The molecular formula is C45H57Cl3N14O3. The second-order valence-corrected chi connectivity index (χ2v) is 18.9. The van der Waals surface area contributed by atoms with Gasteiger partial charge in [-0.3, -0.25) is 39.5 Å². The van der Waals surface area contributed by atoms with Crippen molar-refractivity contribution in [2.45, 2.75) is 45.1 Å². The molecule has 1 spiro atoms. The molecule has 17 nitrogen and oxygen atoms in total. The highest BCUT2D eigenvalue weighted by Gasteiger charge is 2.48. The molecule has 3 amide bonds. The summed E-state index contributed by atoms with van der Waals surface area (Å²) in [4.78, 5) is 46.5. The van der Waals surface area contributed by atoms with Crippen LogP contribution >= 0.6 is 34.8 Å². The van der Waals surface area contributed by atoms with Crippen LogP contribution in [0, 0.1) is 5.41 Å². The number of nitrogens with one attached hydrogen (secondary N) is 6. The lowest BCUT2D eigenvalue weighted by Crippen LogP contribution is -2.55. The Morgan fingerprint density at radius 1 is 0.677 bits per heavy atom. The molecule has 0 bridgehead atoms. The summed E-state index contributed by atoms with van der Waals surface area (Å²) in [6.07, 6.45) is 8.82. The summed E-state index contributed by atoms with van der Waals surface area (Å²) in [5.41, 5.74) is 5.55. The largest absolute Gasteiger partial charge is 0.371 e. The van der Waals surface area contributed by atoms with E-state index in [0.29, 0.717) is 23.3 Å². The number of nitrogens with zero attached hydrogens (tertiary/aromatic N) is 8. The van der Waals surface area contributed by atoms with Crippen LogP contribution in [0.3, 0.4) is 0 Å². The molecule has 6 aromatic rings. The summed E-state index contributed by atoms with van der Waals surface area (Å²) in [5.74, 6) is 0.316. The Balaban J connectivity index is 0.000000133. The number of hydrogen-bond donors (Lipinski definition) is 6. The number of aromatic amines is 3. The second kappa shape index (κ2) is 19.6. The van der Waals surface area contributed by atoms with E-state index in [4.69, 9.17) is 34.8 Å². The van der Waals surface area contributed by atoms with Crippen molar-refractivity contribution in [2.75, 3.05) is 101 Å². The molecule has 4 aliphatic rings. The van der Waals surface area contributed by atoms with E-state index in [-0.39, 0.29) is 28.7 Å². The van der Waals surface area contributed by atoms with Gasteiger partial charge < -0.3 is 30.7 Å². The Hall–Kier alpha value is -5.33. The molecule has 65 heavy (non-hydrogen) atoms. The summed E-state index contributed by atoms with van der Waals surface area (Å²) in [5, 5.41) is 35.1. The maximum absolute atomic E-state index is 12.2. The number of amides is 3. The normalized spacial score (nSPS) is 18.6. The number of anilines is 3. The summed E-state index contributed by atoms with van der Waals surface area (Å²) >= 11 is 18.6. The van der Waals surface area contributed by atoms with Gasteiger partial charge in [0.05, 0.1) is 41.8 Å². The van der Waals surface area contributed by atoms with E-state index in [1.165, 1.54) is 0 Å². The number of H-pyrrole nitrogens is 3. The van der Waals surface area contributed by atoms with Gasteiger partial charge in [-0.2, -0.15) is 15.3 Å². The number of carbonyl (C=O) groups excluding carboxylic acids is 3. The summed E-state index contributed by atoms with van der Waals surface area (Å²) < 4.78 is 0. The standard InChI is InChI=1S/C15H18ClN5O.C15H20ClN5O.C15H19ClN4O/c1-20-9-17-14(22)15(20)2-4-21(5-3-15)13-7-10(16)6-12-11(13)8-18-19-12;1-11(22)17-2-3-20-4-6-21(7-5-20)15-9-12(16)8-14-13(15)10-18-19-14;1-15(14(21)17-2)3-5-20(6-4-15)13-8-10(16)7-12-11(13)9-18-19-12/h6-8H,2-5,9H2,1H3,(H,17,22)(H,18,19);8-10H,2-7H2,1H3,(H,17,22)(H,18,19);7-9H,3-6H2,1-2H3,(H,17,21)(H,18,19). The smallest absolute Gasteiger partial charge is 0.241 e. The molecule has 0 unspecified atom stereocenters. The van der Waals surface area contributed by atoms with E-state index >= 15 is 0 Å². The predicted molar refractivity (Wildman–Crippen MR) is 259 cm³/mol. The second-order valence-electron chi connectivity index (χ2n) is 17.6. The summed E-state index contributed by atoms with van der Waals surface area (Å²) in [6, 6.07) is 11.6. The number of aromatic nitrogens is 6. The van der Waals surface area contributed by atoms with Crippen molar-refractivity contribution in [3.05, 3.63) is 70.1 Å². The first kappa shape index (κ1) is 46.2. The van der Waals surface area contributed by atoms with Crippen LogP contribution in [0.5, 0.6) is 0 Å². The molecule has 0 radical (unpaired) electrons. The highest BCUT2D eigenvalue weighted by molar-refractivity contribution is 6.32. The van der Waals surface area contributed by atoms with Crippen molar-refractivity contribution in [3.63, 3.8) is 0 Å². The zero-order valence-corrected chi connectivity index (χ0v) is 39.5. The molecule has 0 atom stereocenters. The van der Waals surface area contributed by atoms with Crippen molar-refractivity contribution >= 4 is 102 Å². The zero-order valence-electron chi connectivity index (χ0n) is 37.2. The van der Waals surface area contributed by atoms with Crippen LogP contribution in [0.4, 0.5) is 17.1 Å². The average Bonchev–Trinajstić information content (AvgIpc) is 4.13. The third-order valence-corrected chi connectivity index (χ3v) is 14.2. The Morgan fingerprint density at radius 2 is 1.11 bits per heavy atom. The molecule has 20 heteroatoms. The Labute approximate surface area is 392 Å². The van der Waals surface area contributed by atoms with Gasteiger partial charge >= 0.3 is 0 Å². The SMILES string of the molecule is CC(=O)NCCN1CCN(c2cc(Cl)cc3[nH]ncc23)CC1.CN1CNC(=O)C12CCN(c1cc(Cl)cc3[nH]ncc13)CC2.CNC(=O)C1(C)CCN(c2cc(Cl)cc3[nH]ncc23)CC1. The minimum absolute atomic E-state index is 0.0277. The number of halogens is 3. The molecule has 7 heterocycles. The molecular weight excluding hydrogens is 891 g/mol. The van der Waals surface area contributed by atoms with E-state index in [9.17, 15) is 14.4 Å². The molecule has 4 aliphatic heterocycles. The first-order valence-corrected chi connectivity index (χ1v) is 23.2. The molecule has 4 fully saturated rings. The number of piperidine rings is 2. The fourth-order valence-corrected chi connectivity index (χ4v) is 10.2. The Bertz CT molecular complexity index is 2640. The van der Waals surface area contributed by atoms with Crippen molar-refractivity contribution in [1.29, 1.82) is 0 Å². The third-order valence-electron chi connectivity index (χ3n) is 13.6. The lowest BCUT2D eigenvalue weighted by Gasteiger charge is -2.42. The number of benzene rings is 3. The van der Waals surface area contributed by atoms with Crippen molar-refractivity contribution < 1.29 is 14.4 Å². The molecule has 3 aromatic heterocycles. The minimum atomic E-state index is -0.343. The van der Waals surface area contributed by atoms with Crippen LogP contribution in [0.1, 0.15) is 39.5 Å². The third kappa shape index (κ3) is 9.94. The quantitative estimate of drug-likeness (QED) is 0.117. The average molecular weight is 948 g/mol. The summed E-state index contributed by atoms with van der Waals surface area (Å²) in [7, 11) is 3.72. The van der Waals surface area contributed by atoms with Crippen LogP contribution in [0.25, 0.3) is 32.7 Å². The van der Waals surface area contributed by atoms with E-state index in [2.05, 4.69) is 71.0 Å². The highest BCUT2D eigenvalue weighted by atomic mass is 35.5. The van der Waals surface area contributed by atoms with E-state index in [0.717, 1.165) is 139 Å². The van der Waals surface area contributed by atoms with Crippen molar-refractivity contribution in [2.24, 2.45) is 5.41 Å². The van der Waals surface area contributed by atoms with Crippen LogP contribution in [-0.4, -0.2) is 150 Å². The predicted octanol–water partition coefficient (Wildman–Crippen LogP) is 5.62. The fraction of sp³-hybridized carbons (Fsp3) is 0.467. The number of hydrogen-bond acceptors (Lipinski definition) is 11. The molecule has 6 N–H and O–H groups in total. The maximum atomic E-state index is 12.2. The van der Waals surface area contributed by atoms with Gasteiger partial charge in [-0.05, 0) is 69.1 Å². The van der Waals surface area contributed by atoms with Crippen molar-refractivity contribution in [3.8, 4) is 0 Å². The number of piperazine rings is 1. The molecule has 0 aliphatic carbocycles. The van der Waals surface area contributed by atoms with Gasteiger partial charge in [0.1, 0.15) is 5.54 Å². The lowest BCUT2D eigenvalue weighted by molar-refractivity contribution is -0.130. The van der Waals surface area contributed by atoms with Gasteiger partial charge in [0.15, 0.2) is 0 Å². The van der Waals surface area contributed by atoms with Gasteiger partial charge in [0.25, 0.3) is 0 Å². The fourth-order valence-electron chi connectivity index (χ4n) is 9.56. The Morgan fingerprint density at radius 3 is 1.51 bits per heavy atom. The topological polar surface area (TPSA) is 190 Å². The molecule has 0 saturated carbocycles. The number of likely N-dealkylation sites (N-methyl/N-ethyl adjacent to an activating group) is 1. The van der Waals surface area contributed by atoms with E-state index in [1.54, 1.807) is 14.0 Å². The number of rotatable bonds is 7. The van der Waals surface area contributed by atoms with Crippen LogP contribution in [-0.2, 0) is 14.4 Å². The van der Waals surface area contributed by atoms with Crippen LogP contribution in [0.15, 0.2) is 55.0 Å². The summed E-state index contributed by atoms with van der Waals surface area (Å²) in [6.45, 7) is 13.0. The molecule has 346 valence electrons. The van der Waals surface area contributed by atoms with Gasteiger partial charge in [0.2, 0.25) is 17.7 Å². The van der Waals surface area contributed by atoms with Crippen molar-refractivity contribution in [1.82, 2.24) is 56.3 Å². The molecule has 4 saturated heterocycles. The number of fused-ring (bicyclic) bond motifs is 3. The van der Waals surface area contributed by atoms with Gasteiger partial charge in [-0.1, -0.05) is 41.7 Å². The highest BCUT2D eigenvalue weighted by Crippen LogP contribution is 2.38. The molecule has 3 aromatic carbocycles. The van der Waals surface area contributed by atoms with Crippen LogP contribution in [0.2, 0.25) is 15.1 Å². The maximum Gasteiger partial charge on any atom is 0.241 e. The van der Waals surface area contributed by atoms with Gasteiger partial charge in [-0.15, -0.1) is 0 Å². The lowest BCUT2D eigenvalue weighted by atomic mass is 9.79. The number of carbonyl (C=O) groups is 3. The monoisotopic (exact) mass is 946 g/mol. The first-order chi connectivity index (χ1) is 31.3. The first-order valence-electron chi connectivity index (χ1n) is 22.1. The van der Waals surface area contributed by atoms with E-state index in [1.807, 2.05) is 69.0 Å². The van der Waals surface area contributed by atoms with E-state index < -0.39 is 0 Å². The Kier molecular flexibility index (Phi) is 14.0.